The SMILES string of the molecule is C[P+](=O)OCc1ccccc1. The van der Waals surface area contributed by atoms with Crippen LogP contribution in [0.15, 0.2) is 30.3 Å². The summed E-state index contributed by atoms with van der Waals surface area (Å²) in [7, 11) is -1.47. The molecule has 1 aromatic carbocycles. The molecular weight excluding hydrogens is 159 g/mol. The van der Waals surface area contributed by atoms with Gasteiger partial charge in [-0.1, -0.05) is 30.3 Å². The van der Waals surface area contributed by atoms with Crippen LogP contribution in [0.3, 0.4) is 0 Å². The minimum Gasteiger partial charge on any atom is -0.142 e. The van der Waals surface area contributed by atoms with Crippen LogP contribution < -0.4 is 0 Å². The number of hydrogen-bond acceptors (Lipinski definition) is 2. The first kappa shape index (κ1) is 8.38. The fourth-order valence-corrected chi connectivity index (χ4v) is 1.07. The quantitative estimate of drug-likeness (QED) is 0.650. The number of benzene rings is 1. The second-order valence-electron chi connectivity index (χ2n) is 2.20. The highest BCUT2D eigenvalue weighted by Gasteiger charge is 2.05. The third kappa shape index (κ3) is 3.26. The van der Waals surface area contributed by atoms with Gasteiger partial charge in [0, 0.05) is 0 Å². The Morgan fingerprint density at radius 2 is 2.00 bits per heavy atom. The largest absolute Gasteiger partial charge is 0.505 e. The lowest BCUT2D eigenvalue weighted by Gasteiger charge is -1.91. The van der Waals surface area contributed by atoms with E-state index in [1.54, 1.807) is 6.66 Å². The molecule has 2 nitrogen and oxygen atoms in total. The number of rotatable bonds is 3. The Kier molecular flexibility index (Phi) is 3.21. The van der Waals surface area contributed by atoms with Crippen molar-refractivity contribution in [2.45, 2.75) is 6.61 Å². The molecule has 0 amide bonds. The van der Waals surface area contributed by atoms with E-state index in [0.717, 1.165) is 5.56 Å². The lowest BCUT2D eigenvalue weighted by molar-refractivity contribution is 0.322. The van der Waals surface area contributed by atoms with Crippen molar-refractivity contribution in [3.8, 4) is 0 Å². The maximum Gasteiger partial charge on any atom is 0.505 e. The van der Waals surface area contributed by atoms with Crippen molar-refractivity contribution in [3.05, 3.63) is 35.9 Å². The van der Waals surface area contributed by atoms with Crippen LogP contribution in [0.25, 0.3) is 0 Å². The second-order valence-corrected chi connectivity index (χ2v) is 3.34. The van der Waals surface area contributed by atoms with E-state index in [9.17, 15) is 4.57 Å². The summed E-state index contributed by atoms with van der Waals surface area (Å²) in [6, 6.07) is 9.69. The molecule has 0 saturated heterocycles. The van der Waals surface area contributed by atoms with E-state index in [4.69, 9.17) is 4.52 Å². The maximum absolute atomic E-state index is 10.5. The van der Waals surface area contributed by atoms with Gasteiger partial charge in [0.1, 0.15) is 6.61 Å². The monoisotopic (exact) mass is 169 g/mol. The van der Waals surface area contributed by atoms with Gasteiger partial charge in [-0.25, -0.2) is 0 Å². The van der Waals surface area contributed by atoms with Crippen LogP contribution in [0.1, 0.15) is 5.56 Å². The Hall–Kier alpha value is -0.720. The molecule has 0 N–H and O–H groups in total. The summed E-state index contributed by atoms with van der Waals surface area (Å²) in [5, 5.41) is 0. The molecule has 3 heteroatoms. The van der Waals surface area contributed by atoms with Gasteiger partial charge in [0.2, 0.25) is 0 Å². The molecule has 0 aliphatic rings. The van der Waals surface area contributed by atoms with E-state index < -0.39 is 8.03 Å². The van der Waals surface area contributed by atoms with Gasteiger partial charge in [0.25, 0.3) is 0 Å². The van der Waals surface area contributed by atoms with E-state index in [2.05, 4.69) is 0 Å². The zero-order valence-electron chi connectivity index (χ0n) is 6.36. The summed E-state index contributed by atoms with van der Waals surface area (Å²) in [5.74, 6) is 0. The van der Waals surface area contributed by atoms with Crippen molar-refractivity contribution in [3.63, 3.8) is 0 Å². The van der Waals surface area contributed by atoms with Gasteiger partial charge in [-0.3, -0.25) is 0 Å². The van der Waals surface area contributed by atoms with Gasteiger partial charge < -0.3 is 0 Å². The van der Waals surface area contributed by atoms with Gasteiger partial charge in [-0.05, 0) is 10.1 Å². The maximum atomic E-state index is 10.5. The van der Waals surface area contributed by atoms with E-state index in [1.807, 2.05) is 30.3 Å². The smallest absolute Gasteiger partial charge is 0.142 e. The highest BCUT2D eigenvalue weighted by molar-refractivity contribution is 7.38. The second kappa shape index (κ2) is 4.22. The summed E-state index contributed by atoms with van der Waals surface area (Å²) in [6.45, 7) is 1.99. The molecule has 1 atom stereocenters. The molecule has 1 rings (SSSR count). The molecule has 0 aliphatic carbocycles. The molecule has 1 aromatic rings. The Balaban J connectivity index is 2.45. The highest BCUT2D eigenvalue weighted by Crippen LogP contribution is 2.17. The van der Waals surface area contributed by atoms with Gasteiger partial charge >= 0.3 is 8.03 Å². The predicted molar refractivity (Wildman–Crippen MR) is 44.8 cm³/mol. The molecule has 1 unspecified atom stereocenters. The summed E-state index contributed by atoms with van der Waals surface area (Å²) >= 11 is 0. The van der Waals surface area contributed by atoms with Gasteiger partial charge in [-0.2, -0.15) is 0 Å². The fourth-order valence-electron chi connectivity index (χ4n) is 0.740. The average molecular weight is 169 g/mol. The fraction of sp³-hybridized carbons (Fsp3) is 0.250. The van der Waals surface area contributed by atoms with Crippen LogP contribution >= 0.6 is 8.03 Å². The van der Waals surface area contributed by atoms with Crippen LogP contribution in [-0.2, 0) is 15.7 Å². The molecule has 0 aliphatic heterocycles. The third-order valence-corrected chi connectivity index (χ3v) is 1.75. The van der Waals surface area contributed by atoms with Gasteiger partial charge in [0.05, 0.1) is 0 Å². The molecule has 58 valence electrons. The van der Waals surface area contributed by atoms with Crippen molar-refractivity contribution < 1.29 is 9.09 Å². The highest BCUT2D eigenvalue weighted by atomic mass is 31.1. The zero-order valence-corrected chi connectivity index (χ0v) is 7.25. The molecule has 0 saturated carbocycles. The van der Waals surface area contributed by atoms with Crippen LogP contribution in [0.5, 0.6) is 0 Å². The standard InChI is InChI=1S/C8H10O2P/c1-11(9)10-7-8-5-3-2-4-6-8/h2-6H,7H2,1H3/q+1. The molecular formula is C8H10O2P+. The molecule has 0 radical (unpaired) electrons. The molecule has 11 heavy (non-hydrogen) atoms. The topological polar surface area (TPSA) is 26.3 Å². The third-order valence-electron chi connectivity index (χ3n) is 1.26. The minimum absolute atomic E-state index is 0.437. The van der Waals surface area contributed by atoms with Crippen molar-refractivity contribution in [2.24, 2.45) is 0 Å². The first-order chi connectivity index (χ1) is 5.29. The molecule has 0 aromatic heterocycles. The van der Waals surface area contributed by atoms with Crippen molar-refractivity contribution >= 4 is 8.03 Å². The predicted octanol–water partition coefficient (Wildman–Crippen LogP) is 2.58. The summed E-state index contributed by atoms with van der Waals surface area (Å²) in [4.78, 5) is 0. The van der Waals surface area contributed by atoms with Crippen LogP contribution in [-0.4, -0.2) is 6.66 Å². The molecule has 0 bridgehead atoms. The van der Waals surface area contributed by atoms with Crippen molar-refractivity contribution in [1.82, 2.24) is 0 Å². The summed E-state index contributed by atoms with van der Waals surface area (Å²) < 4.78 is 15.5. The molecule has 0 spiro atoms. The van der Waals surface area contributed by atoms with Gasteiger partial charge in [0.15, 0.2) is 6.66 Å². The number of hydrogen-bond donors (Lipinski definition) is 0. The van der Waals surface area contributed by atoms with Crippen LogP contribution in [0.2, 0.25) is 0 Å². The average Bonchev–Trinajstić information content (AvgIpc) is 2.03. The van der Waals surface area contributed by atoms with Crippen molar-refractivity contribution in [1.29, 1.82) is 0 Å². The zero-order chi connectivity index (χ0) is 8.10. The summed E-state index contributed by atoms with van der Waals surface area (Å²) in [5.41, 5.74) is 1.05. The van der Waals surface area contributed by atoms with Gasteiger partial charge in [-0.15, -0.1) is 4.52 Å². The normalized spacial score (nSPS) is 11.2. The lowest BCUT2D eigenvalue weighted by atomic mass is 10.2. The van der Waals surface area contributed by atoms with E-state index in [-0.39, 0.29) is 0 Å². The minimum atomic E-state index is -1.47. The Morgan fingerprint density at radius 3 is 2.55 bits per heavy atom. The first-order valence-corrected chi connectivity index (χ1v) is 4.99. The lowest BCUT2D eigenvalue weighted by Crippen LogP contribution is -1.83. The first-order valence-electron chi connectivity index (χ1n) is 3.37. The van der Waals surface area contributed by atoms with Crippen LogP contribution in [0, 0.1) is 0 Å². The summed E-state index contributed by atoms with van der Waals surface area (Å²) in [6.07, 6.45) is 0. The Bertz CT molecular complexity index is 233. The van der Waals surface area contributed by atoms with Crippen molar-refractivity contribution in [2.75, 3.05) is 6.66 Å². The van der Waals surface area contributed by atoms with E-state index >= 15 is 0 Å². The Labute approximate surface area is 67.1 Å². The van der Waals surface area contributed by atoms with E-state index in [1.165, 1.54) is 0 Å². The van der Waals surface area contributed by atoms with E-state index in [0.29, 0.717) is 6.61 Å². The Morgan fingerprint density at radius 1 is 1.36 bits per heavy atom. The molecule has 0 fully saturated rings. The van der Waals surface area contributed by atoms with Crippen LogP contribution in [0.4, 0.5) is 0 Å². The molecule has 0 heterocycles.